The molecule has 2 saturated heterocycles. The zero-order valence-corrected chi connectivity index (χ0v) is 11.6. The SMILES string of the molecule is COC(=O)C1CCCN1C(=O)N1CCCC(C(=O)O)C1. The summed E-state index contributed by atoms with van der Waals surface area (Å²) in [5.74, 6) is -1.78. The molecule has 1 N–H and O–H groups in total. The van der Waals surface area contributed by atoms with E-state index in [9.17, 15) is 14.4 Å². The molecule has 2 atom stereocenters. The van der Waals surface area contributed by atoms with Gasteiger partial charge in [0.1, 0.15) is 6.04 Å². The summed E-state index contributed by atoms with van der Waals surface area (Å²) >= 11 is 0. The molecule has 2 rings (SSSR count). The molecule has 7 nitrogen and oxygen atoms in total. The number of urea groups is 1. The molecule has 0 aromatic rings. The van der Waals surface area contributed by atoms with Gasteiger partial charge in [-0.3, -0.25) is 4.79 Å². The lowest BCUT2D eigenvalue weighted by Crippen LogP contribution is -2.51. The third-order valence-electron chi connectivity index (χ3n) is 4.01. The number of carbonyl (C=O) groups is 3. The molecule has 7 heteroatoms. The van der Waals surface area contributed by atoms with E-state index in [2.05, 4.69) is 0 Å². The molecule has 0 aromatic heterocycles. The monoisotopic (exact) mass is 284 g/mol. The molecule has 2 fully saturated rings. The summed E-state index contributed by atoms with van der Waals surface area (Å²) in [6.07, 6.45) is 2.65. The number of esters is 1. The van der Waals surface area contributed by atoms with Crippen LogP contribution in [0, 0.1) is 5.92 Å². The number of amides is 2. The van der Waals surface area contributed by atoms with E-state index in [0.29, 0.717) is 32.4 Å². The van der Waals surface area contributed by atoms with E-state index >= 15 is 0 Å². The molecular weight excluding hydrogens is 264 g/mol. The Bertz CT molecular complexity index is 412. The predicted molar refractivity (Wildman–Crippen MR) is 69.1 cm³/mol. The fourth-order valence-corrected chi connectivity index (χ4v) is 2.91. The molecule has 0 saturated carbocycles. The Labute approximate surface area is 117 Å². The number of carboxylic acids is 1. The van der Waals surface area contributed by atoms with E-state index in [1.54, 1.807) is 4.90 Å². The van der Waals surface area contributed by atoms with Crippen LogP contribution < -0.4 is 0 Å². The summed E-state index contributed by atoms with van der Waals surface area (Å²) in [6, 6.07) is -0.776. The molecule has 2 heterocycles. The van der Waals surface area contributed by atoms with E-state index in [4.69, 9.17) is 9.84 Å². The lowest BCUT2D eigenvalue weighted by atomic mass is 9.98. The first kappa shape index (κ1) is 14.6. The van der Waals surface area contributed by atoms with Gasteiger partial charge in [0.25, 0.3) is 0 Å². The number of ether oxygens (including phenoxy) is 1. The first-order valence-corrected chi connectivity index (χ1v) is 6.90. The van der Waals surface area contributed by atoms with Crippen LogP contribution in [-0.4, -0.2) is 65.7 Å². The molecule has 2 unspecified atom stereocenters. The third-order valence-corrected chi connectivity index (χ3v) is 4.01. The van der Waals surface area contributed by atoms with E-state index in [-0.39, 0.29) is 12.6 Å². The van der Waals surface area contributed by atoms with Gasteiger partial charge in [0, 0.05) is 19.6 Å². The molecule has 2 amide bonds. The fraction of sp³-hybridized carbons (Fsp3) is 0.769. The molecule has 20 heavy (non-hydrogen) atoms. The number of nitrogens with zero attached hydrogens (tertiary/aromatic N) is 2. The molecule has 0 bridgehead atoms. The van der Waals surface area contributed by atoms with Crippen molar-refractivity contribution < 1.29 is 24.2 Å². The second-order valence-electron chi connectivity index (χ2n) is 5.28. The van der Waals surface area contributed by atoms with E-state index in [1.165, 1.54) is 12.0 Å². The van der Waals surface area contributed by atoms with Crippen LogP contribution in [0.25, 0.3) is 0 Å². The number of hydrogen-bond donors (Lipinski definition) is 1. The highest BCUT2D eigenvalue weighted by molar-refractivity contribution is 5.84. The first-order chi connectivity index (χ1) is 9.54. The van der Waals surface area contributed by atoms with Gasteiger partial charge in [0.15, 0.2) is 0 Å². The van der Waals surface area contributed by atoms with E-state index in [0.717, 1.165) is 6.42 Å². The quantitative estimate of drug-likeness (QED) is 0.748. The number of piperidine rings is 1. The maximum absolute atomic E-state index is 12.5. The molecule has 0 spiro atoms. The average molecular weight is 284 g/mol. The van der Waals surface area contributed by atoms with Gasteiger partial charge in [-0.25, -0.2) is 9.59 Å². The Morgan fingerprint density at radius 3 is 2.50 bits per heavy atom. The Morgan fingerprint density at radius 2 is 1.85 bits per heavy atom. The van der Waals surface area contributed by atoms with Crippen molar-refractivity contribution in [3.63, 3.8) is 0 Å². The highest BCUT2D eigenvalue weighted by Gasteiger charge is 2.38. The Morgan fingerprint density at radius 1 is 1.15 bits per heavy atom. The van der Waals surface area contributed by atoms with Crippen LogP contribution in [0.3, 0.4) is 0 Å². The van der Waals surface area contributed by atoms with Crippen molar-refractivity contribution >= 4 is 18.0 Å². The van der Waals surface area contributed by atoms with Crippen molar-refractivity contribution in [1.82, 2.24) is 9.80 Å². The molecule has 112 valence electrons. The molecule has 0 aromatic carbocycles. The van der Waals surface area contributed by atoms with Crippen LogP contribution >= 0.6 is 0 Å². The van der Waals surface area contributed by atoms with Gasteiger partial charge in [-0.15, -0.1) is 0 Å². The summed E-state index contributed by atoms with van der Waals surface area (Å²) in [5.41, 5.74) is 0. The minimum absolute atomic E-state index is 0.221. The van der Waals surface area contributed by atoms with Crippen LogP contribution in [-0.2, 0) is 14.3 Å². The average Bonchev–Trinajstić information content (AvgIpc) is 2.95. The molecule has 2 aliphatic heterocycles. The topological polar surface area (TPSA) is 87.2 Å². The smallest absolute Gasteiger partial charge is 0.328 e. The maximum atomic E-state index is 12.5. The van der Waals surface area contributed by atoms with Gasteiger partial charge in [0.05, 0.1) is 13.0 Å². The van der Waals surface area contributed by atoms with Crippen molar-refractivity contribution in [2.24, 2.45) is 5.92 Å². The minimum atomic E-state index is -0.867. The van der Waals surface area contributed by atoms with Gasteiger partial charge < -0.3 is 19.6 Å². The van der Waals surface area contributed by atoms with Gasteiger partial charge in [-0.05, 0) is 25.7 Å². The normalized spacial score (nSPS) is 26.4. The van der Waals surface area contributed by atoms with Crippen molar-refractivity contribution in [3.8, 4) is 0 Å². The van der Waals surface area contributed by atoms with Crippen LogP contribution in [0.1, 0.15) is 25.7 Å². The van der Waals surface area contributed by atoms with Crippen molar-refractivity contribution in [1.29, 1.82) is 0 Å². The maximum Gasteiger partial charge on any atom is 0.328 e. The highest BCUT2D eigenvalue weighted by Crippen LogP contribution is 2.23. The number of carboxylic acid groups (broad SMARTS) is 1. The van der Waals surface area contributed by atoms with E-state index < -0.39 is 23.9 Å². The van der Waals surface area contributed by atoms with Crippen LogP contribution in [0.5, 0.6) is 0 Å². The fourth-order valence-electron chi connectivity index (χ4n) is 2.91. The Kier molecular flexibility index (Phi) is 4.46. The van der Waals surface area contributed by atoms with E-state index in [1.807, 2.05) is 0 Å². The number of hydrogen-bond acceptors (Lipinski definition) is 4. The summed E-state index contributed by atoms with van der Waals surface area (Å²) < 4.78 is 4.72. The number of carbonyl (C=O) groups excluding carboxylic acids is 2. The molecular formula is C13H20N2O5. The number of rotatable bonds is 2. The van der Waals surface area contributed by atoms with Gasteiger partial charge in [-0.2, -0.15) is 0 Å². The molecule has 0 radical (unpaired) electrons. The van der Waals surface area contributed by atoms with Gasteiger partial charge in [-0.1, -0.05) is 0 Å². The lowest BCUT2D eigenvalue weighted by molar-refractivity contribution is -0.146. The number of likely N-dealkylation sites (tertiary alicyclic amines) is 2. The predicted octanol–water partition coefficient (Wildman–Crippen LogP) is 0.540. The second kappa shape index (κ2) is 6.11. The zero-order valence-electron chi connectivity index (χ0n) is 11.6. The lowest BCUT2D eigenvalue weighted by Gasteiger charge is -2.35. The van der Waals surface area contributed by atoms with Crippen molar-refractivity contribution in [2.75, 3.05) is 26.7 Å². The van der Waals surface area contributed by atoms with Crippen LogP contribution in [0.15, 0.2) is 0 Å². The Hall–Kier alpha value is -1.79. The molecule has 2 aliphatic rings. The molecule has 0 aliphatic carbocycles. The zero-order chi connectivity index (χ0) is 14.7. The highest BCUT2D eigenvalue weighted by atomic mass is 16.5. The Balaban J connectivity index is 2.02. The second-order valence-corrected chi connectivity index (χ2v) is 5.28. The number of methoxy groups -OCH3 is 1. The van der Waals surface area contributed by atoms with Crippen molar-refractivity contribution in [3.05, 3.63) is 0 Å². The summed E-state index contributed by atoms with van der Waals surface area (Å²) in [7, 11) is 1.31. The van der Waals surface area contributed by atoms with Gasteiger partial charge >= 0.3 is 18.0 Å². The van der Waals surface area contributed by atoms with Crippen LogP contribution in [0.4, 0.5) is 4.79 Å². The number of aliphatic carboxylic acids is 1. The van der Waals surface area contributed by atoms with Crippen LogP contribution in [0.2, 0.25) is 0 Å². The standard InChI is InChI=1S/C13H20N2O5/c1-20-12(18)10-5-3-7-15(10)13(19)14-6-2-4-9(8-14)11(16)17/h9-10H,2-8H2,1H3,(H,16,17). The third kappa shape index (κ3) is 2.86. The summed E-state index contributed by atoms with van der Waals surface area (Å²) in [4.78, 5) is 38.2. The minimum Gasteiger partial charge on any atom is -0.481 e. The van der Waals surface area contributed by atoms with Crippen molar-refractivity contribution in [2.45, 2.75) is 31.7 Å². The van der Waals surface area contributed by atoms with Gasteiger partial charge in [0.2, 0.25) is 0 Å². The summed E-state index contributed by atoms with van der Waals surface area (Å²) in [5, 5.41) is 9.06. The largest absolute Gasteiger partial charge is 0.481 e. The first-order valence-electron chi connectivity index (χ1n) is 6.90. The summed E-state index contributed by atoms with van der Waals surface area (Å²) in [6.45, 7) is 1.29.